The summed E-state index contributed by atoms with van der Waals surface area (Å²) in [6.07, 6.45) is 7.77. The third-order valence-corrected chi connectivity index (χ3v) is 4.40. The summed E-state index contributed by atoms with van der Waals surface area (Å²) in [6, 6.07) is 0. The van der Waals surface area contributed by atoms with Gasteiger partial charge in [-0.25, -0.2) is 0 Å². The van der Waals surface area contributed by atoms with Crippen LogP contribution in [-0.2, 0) is 9.53 Å². The van der Waals surface area contributed by atoms with Gasteiger partial charge in [-0.3, -0.25) is 10.1 Å². The second-order valence-corrected chi connectivity index (χ2v) is 5.79. The summed E-state index contributed by atoms with van der Waals surface area (Å²) in [6.45, 7) is 6.54. The molecule has 2 aliphatic rings. The molecule has 0 aromatic rings. The zero-order valence-electron chi connectivity index (χ0n) is 12.4. The minimum Gasteiger partial charge on any atom is -0.382 e. The lowest BCUT2D eigenvalue weighted by Crippen LogP contribution is -2.44. The van der Waals surface area contributed by atoms with Crippen molar-refractivity contribution in [3.05, 3.63) is 0 Å². The molecule has 110 valence electrons. The van der Waals surface area contributed by atoms with Crippen LogP contribution < -0.4 is 5.32 Å². The fourth-order valence-corrected chi connectivity index (χ4v) is 3.45. The van der Waals surface area contributed by atoms with Gasteiger partial charge in [0.2, 0.25) is 5.91 Å². The average molecular weight is 268 g/mol. The second-order valence-electron chi connectivity index (χ2n) is 5.79. The Morgan fingerprint density at radius 1 is 1.37 bits per heavy atom. The zero-order chi connectivity index (χ0) is 13.7. The fourth-order valence-electron chi connectivity index (χ4n) is 3.45. The molecule has 1 heterocycles. The van der Waals surface area contributed by atoms with Crippen molar-refractivity contribution in [2.75, 3.05) is 19.8 Å². The number of ether oxygens (including phenoxy) is 1. The van der Waals surface area contributed by atoms with Crippen LogP contribution in [0.25, 0.3) is 0 Å². The van der Waals surface area contributed by atoms with Gasteiger partial charge in [-0.2, -0.15) is 0 Å². The predicted octanol–water partition coefficient (Wildman–Crippen LogP) is 2.28. The highest BCUT2D eigenvalue weighted by Gasteiger charge is 2.51. The molecule has 0 aromatic carbocycles. The molecule has 0 radical (unpaired) electrons. The summed E-state index contributed by atoms with van der Waals surface area (Å²) in [5.41, 5.74) is -0.217. The van der Waals surface area contributed by atoms with Crippen molar-refractivity contribution in [3.63, 3.8) is 0 Å². The maximum Gasteiger partial charge on any atom is 0.244 e. The standard InChI is InChI=1S/C15H28N2O2/c1-3-8-13-16-15(9-5-6-10-15)14(18)17(13)11-7-12-19-4-2/h13,16H,3-12H2,1-2H3. The molecule has 1 saturated heterocycles. The fraction of sp³-hybridized carbons (Fsp3) is 0.933. The molecule has 1 saturated carbocycles. The minimum absolute atomic E-state index is 0.217. The first kappa shape index (κ1) is 14.8. The van der Waals surface area contributed by atoms with E-state index in [2.05, 4.69) is 17.1 Å². The first-order valence-corrected chi connectivity index (χ1v) is 7.90. The highest BCUT2D eigenvalue weighted by atomic mass is 16.5. The summed E-state index contributed by atoms with van der Waals surface area (Å²) in [7, 11) is 0. The summed E-state index contributed by atoms with van der Waals surface area (Å²) in [5, 5.41) is 3.64. The van der Waals surface area contributed by atoms with Gasteiger partial charge in [0.05, 0.1) is 11.7 Å². The van der Waals surface area contributed by atoms with Gasteiger partial charge < -0.3 is 9.64 Å². The van der Waals surface area contributed by atoms with Crippen LogP contribution in [0.15, 0.2) is 0 Å². The van der Waals surface area contributed by atoms with Crippen molar-refractivity contribution in [2.45, 2.75) is 70.5 Å². The van der Waals surface area contributed by atoms with Crippen LogP contribution in [0.2, 0.25) is 0 Å². The average Bonchev–Trinajstić information content (AvgIpc) is 2.96. The third kappa shape index (κ3) is 3.11. The molecule has 2 rings (SSSR count). The van der Waals surface area contributed by atoms with Crippen LogP contribution in [0.1, 0.15) is 58.8 Å². The smallest absolute Gasteiger partial charge is 0.244 e. The van der Waals surface area contributed by atoms with E-state index in [-0.39, 0.29) is 11.7 Å². The molecular weight excluding hydrogens is 240 g/mol. The lowest BCUT2D eigenvalue weighted by atomic mass is 9.98. The summed E-state index contributed by atoms with van der Waals surface area (Å²) in [5.74, 6) is 0.347. The summed E-state index contributed by atoms with van der Waals surface area (Å²) in [4.78, 5) is 14.8. The number of hydrogen-bond acceptors (Lipinski definition) is 3. The number of rotatable bonds is 7. The van der Waals surface area contributed by atoms with Crippen molar-refractivity contribution in [1.82, 2.24) is 10.2 Å². The van der Waals surface area contributed by atoms with E-state index in [9.17, 15) is 4.79 Å². The molecule has 1 N–H and O–H groups in total. The van der Waals surface area contributed by atoms with E-state index in [1.165, 1.54) is 12.8 Å². The minimum atomic E-state index is -0.217. The maximum atomic E-state index is 12.7. The van der Waals surface area contributed by atoms with Crippen molar-refractivity contribution in [1.29, 1.82) is 0 Å². The van der Waals surface area contributed by atoms with Gasteiger partial charge in [-0.1, -0.05) is 26.2 Å². The third-order valence-electron chi connectivity index (χ3n) is 4.40. The molecule has 2 fully saturated rings. The Kier molecular flexibility index (Phi) is 5.22. The van der Waals surface area contributed by atoms with E-state index in [4.69, 9.17) is 4.74 Å². The Morgan fingerprint density at radius 2 is 2.11 bits per heavy atom. The maximum absolute atomic E-state index is 12.7. The zero-order valence-corrected chi connectivity index (χ0v) is 12.4. The number of nitrogens with zero attached hydrogens (tertiary/aromatic N) is 1. The van der Waals surface area contributed by atoms with E-state index in [0.717, 1.165) is 51.9 Å². The molecular formula is C15H28N2O2. The van der Waals surface area contributed by atoms with Gasteiger partial charge in [-0.05, 0) is 32.6 Å². The SMILES string of the molecule is CCCC1NC2(CCCC2)C(=O)N1CCCOCC. The van der Waals surface area contributed by atoms with E-state index < -0.39 is 0 Å². The normalized spacial score (nSPS) is 25.7. The van der Waals surface area contributed by atoms with Crippen LogP contribution >= 0.6 is 0 Å². The molecule has 1 unspecified atom stereocenters. The first-order chi connectivity index (χ1) is 9.23. The Hall–Kier alpha value is -0.610. The summed E-state index contributed by atoms with van der Waals surface area (Å²) >= 11 is 0. The highest BCUT2D eigenvalue weighted by Crippen LogP contribution is 2.37. The highest BCUT2D eigenvalue weighted by molar-refractivity contribution is 5.89. The number of nitrogens with one attached hydrogen (secondary N) is 1. The molecule has 1 spiro atoms. The van der Waals surface area contributed by atoms with Crippen LogP contribution in [0, 0.1) is 0 Å². The molecule has 1 aliphatic heterocycles. The summed E-state index contributed by atoms with van der Waals surface area (Å²) < 4.78 is 5.38. The number of carbonyl (C=O) groups excluding carboxylic acids is 1. The van der Waals surface area contributed by atoms with Crippen molar-refractivity contribution < 1.29 is 9.53 Å². The van der Waals surface area contributed by atoms with E-state index in [1.54, 1.807) is 0 Å². The Balaban J connectivity index is 1.95. The van der Waals surface area contributed by atoms with Crippen molar-refractivity contribution in [3.8, 4) is 0 Å². The lowest BCUT2D eigenvalue weighted by molar-refractivity contribution is -0.133. The monoisotopic (exact) mass is 268 g/mol. The lowest BCUT2D eigenvalue weighted by Gasteiger charge is -2.23. The molecule has 4 heteroatoms. The van der Waals surface area contributed by atoms with Gasteiger partial charge in [-0.15, -0.1) is 0 Å². The van der Waals surface area contributed by atoms with Gasteiger partial charge in [0.25, 0.3) is 0 Å². The van der Waals surface area contributed by atoms with Crippen molar-refractivity contribution >= 4 is 5.91 Å². The molecule has 1 atom stereocenters. The molecule has 0 aromatic heterocycles. The largest absolute Gasteiger partial charge is 0.382 e. The van der Waals surface area contributed by atoms with Crippen LogP contribution in [-0.4, -0.2) is 42.3 Å². The Labute approximate surface area is 116 Å². The molecule has 0 bridgehead atoms. The van der Waals surface area contributed by atoms with Crippen LogP contribution in [0.5, 0.6) is 0 Å². The van der Waals surface area contributed by atoms with Gasteiger partial charge in [0.15, 0.2) is 0 Å². The molecule has 1 amide bonds. The number of hydrogen-bond donors (Lipinski definition) is 1. The van der Waals surface area contributed by atoms with Crippen LogP contribution in [0.3, 0.4) is 0 Å². The van der Waals surface area contributed by atoms with Gasteiger partial charge in [0.1, 0.15) is 0 Å². The number of amides is 1. The number of carbonyl (C=O) groups is 1. The predicted molar refractivity (Wildman–Crippen MR) is 75.9 cm³/mol. The van der Waals surface area contributed by atoms with Crippen molar-refractivity contribution in [2.24, 2.45) is 0 Å². The quantitative estimate of drug-likeness (QED) is 0.720. The first-order valence-electron chi connectivity index (χ1n) is 7.90. The molecule has 19 heavy (non-hydrogen) atoms. The van der Waals surface area contributed by atoms with Gasteiger partial charge in [0, 0.05) is 19.8 Å². The van der Waals surface area contributed by atoms with E-state index in [1.807, 2.05) is 6.92 Å². The second kappa shape index (κ2) is 6.71. The topological polar surface area (TPSA) is 41.6 Å². The molecule has 4 nitrogen and oxygen atoms in total. The molecule has 1 aliphatic carbocycles. The Morgan fingerprint density at radius 3 is 2.74 bits per heavy atom. The van der Waals surface area contributed by atoms with Gasteiger partial charge >= 0.3 is 0 Å². The van der Waals surface area contributed by atoms with E-state index >= 15 is 0 Å². The van der Waals surface area contributed by atoms with Crippen LogP contribution in [0.4, 0.5) is 0 Å². The van der Waals surface area contributed by atoms with E-state index in [0.29, 0.717) is 5.91 Å². The Bertz CT molecular complexity index is 301.